The van der Waals surface area contributed by atoms with E-state index in [0.717, 1.165) is 22.2 Å². The lowest BCUT2D eigenvalue weighted by molar-refractivity contribution is 0.872. The van der Waals surface area contributed by atoms with Gasteiger partial charge in [-0.25, -0.2) is 4.98 Å². The molecule has 1 atom stereocenters. The summed E-state index contributed by atoms with van der Waals surface area (Å²) < 4.78 is 0. The zero-order valence-electron chi connectivity index (χ0n) is 10.3. The van der Waals surface area contributed by atoms with Crippen molar-refractivity contribution in [1.82, 2.24) is 9.97 Å². The Bertz CT molecular complexity index is 513. The molecule has 0 radical (unpaired) electrons. The van der Waals surface area contributed by atoms with Crippen molar-refractivity contribution in [1.29, 1.82) is 0 Å². The molecule has 0 bridgehead atoms. The number of rotatable bonds is 4. The average molecular weight is 263 g/mol. The molecular weight excluding hydrogens is 248 g/mol. The summed E-state index contributed by atoms with van der Waals surface area (Å²) >= 11 is 5.87. The quantitative estimate of drug-likeness (QED) is 0.887. The molecule has 0 aliphatic carbocycles. The van der Waals surface area contributed by atoms with Gasteiger partial charge in [-0.2, -0.15) is 0 Å². The molecule has 0 aliphatic heterocycles. The van der Waals surface area contributed by atoms with Gasteiger partial charge in [-0.15, -0.1) is 0 Å². The van der Waals surface area contributed by atoms with Crippen LogP contribution in [-0.2, 0) is 0 Å². The zero-order chi connectivity index (χ0) is 13.0. The molecule has 0 amide bonds. The van der Waals surface area contributed by atoms with E-state index in [9.17, 15) is 0 Å². The van der Waals surface area contributed by atoms with E-state index in [2.05, 4.69) is 27.5 Å². The third-order valence-electron chi connectivity index (χ3n) is 2.63. The fourth-order valence-corrected chi connectivity index (χ4v) is 1.74. The van der Waals surface area contributed by atoms with Crippen LogP contribution in [-0.4, -0.2) is 17.0 Å². The standard InChI is InChI=1S/C13H15ClN4/c1-9(10-3-5-11(14)6-4-10)17-13-8-16-7-12(15-2)18-13/h3-9H,1-2H3,(H2,15,17,18). The van der Waals surface area contributed by atoms with E-state index in [0.29, 0.717) is 0 Å². The Balaban J connectivity index is 2.10. The summed E-state index contributed by atoms with van der Waals surface area (Å²) in [7, 11) is 1.82. The Labute approximate surface area is 111 Å². The maximum Gasteiger partial charge on any atom is 0.147 e. The van der Waals surface area contributed by atoms with E-state index >= 15 is 0 Å². The molecule has 0 saturated carbocycles. The first kappa shape index (κ1) is 12.6. The van der Waals surface area contributed by atoms with Crippen LogP contribution in [0.2, 0.25) is 5.02 Å². The van der Waals surface area contributed by atoms with Crippen LogP contribution in [0.15, 0.2) is 36.7 Å². The third kappa shape index (κ3) is 3.11. The summed E-state index contributed by atoms with van der Waals surface area (Å²) in [4.78, 5) is 8.47. The number of hydrogen-bond acceptors (Lipinski definition) is 4. The maximum atomic E-state index is 5.87. The highest BCUT2D eigenvalue weighted by atomic mass is 35.5. The van der Waals surface area contributed by atoms with Crippen molar-refractivity contribution in [3.05, 3.63) is 47.2 Å². The number of hydrogen-bond donors (Lipinski definition) is 2. The van der Waals surface area contributed by atoms with Gasteiger partial charge >= 0.3 is 0 Å². The first-order valence-electron chi connectivity index (χ1n) is 5.71. The van der Waals surface area contributed by atoms with Crippen LogP contribution < -0.4 is 10.6 Å². The fourth-order valence-electron chi connectivity index (χ4n) is 1.61. The Morgan fingerprint density at radius 1 is 1.11 bits per heavy atom. The minimum Gasteiger partial charge on any atom is -0.372 e. The van der Waals surface area contributed by atoms with Crippen molar-refractivity contribution in [2.75, 3.05) is 17.7 Å². The Hall–Kier alpha value is -1.81. The van der Waals surface area contributed by atoms with Crippen molar-refractivity contribution in [2.45, 2.75) is 13.0 Å². The maximum absolute atomic E-state index is 5.87. The van der Waals surface area contributed by atoms with Gasteiger partial charge in [-0.3, -0.25) is 4.98 Å². The molecular formula is C13H15ClN4. The first-order chi connectivity index (χ1) is 8.69. The number of benzene rings is 1. The van der Waals surface area contributed by atoms with Crippen molar-refractivity contribution in [3.63, 3.8) is 0 Å². The minimum absolute atomic E-state index is 0.142. The normalized spacial score (nSPS) is 11.9. The average Bonchev–Trinajstić information content (AvgIpc) is 2.39. The summed E-state index contributed by atoms with van der Waals surface area (Å²) in [6.45, 7) is 2.07. The molecule has 2 aromatic rings. The van der Waals surface area contributed by atoms with Gasteiger partial charge in [-0.05, 0) is 24.6 Å². The largest absolute Gasteiger partial charge is 0.372 e. The second-order valence-electron chi connectivity index (χ2n) is 3.96. The smallest absolute Gasteiger partial charge is 0.147 e. The summed E-state index contributed by atoms with van der Waals surface area (Å²) in [5.74, 6) is 1.48. The second kappa shape index (κ2) is 5.69. The molecule has 1 aromatic carbocycles. The van der Waals surface area contributed by atoms with Gasteiger partial charge in [0.1, 0.15) is 11.6 Å². The van der Waals surface area contributed by atoms with Gasteiger partial charge in [0.25, 0.3) is 0 Å². The molecule has 1 aromatic heterocycles. The van der Waals surface area contributed by atoms with E-state index < -0.39 is 0 Å². The van der Waals surface area contributed by atoms with Crippen LogP contribution in [0.25, 0.3) is 0 Å². The number of halogens is 1. The van der Waals surface area contributed by atoms with Gasteiger partial charge in [0.2, 0.25) is 0 Å². The number of nitrogens with zero attached hydrogens (tertiary/aromatic N) is 2. The van der Waals surface area contributed by atoms with Crippen molar-refractivity contribution in [3.8, 4) is 0 Å². The van der Waals surface area contributed by atoms with Crippen molar-refractivity contribution >= 4 is 23.2 Å². The van der Waals surface area contributed by atoms with Gasteiger partial charge in [0.15, 0.2) is 0 Å². The molecule has 5 heteroatoms. The van der Waals surface area contributed by atoms with Crippen LogP contribution in [0, 0.1) is 0 Å². The predicted molar refractivity (Wildman–Crippen MR) is 75.1 cm³/mol. The molecule has 94 valence electrons. The highest BCUT2D eigenvalue weighted by molar-refractivity contribution is 6.30. The van der Waals surface area contributed by atoms with Crippen LogP contribution in [0.1, 0.15) is 18.5 Å². The van der Waals surface area contributed by atoms with Gasteiger partial charge < -0.3 is 10.6 Å². The van der Waals surface area contributed by atoms with E-state index in [-0.39, 0.29) is 6.04 Å². The van der Waals surface area contributed by atoms with E-state index in [4.69, 9.17) is 11.6 Å². The first-order valence-corrected chi connectivity index (χ1v) is 6.08. The number of anilines is 2. The molecule has 1 heterocycles. The van der Waals surface area contributed by atoms with Gasteiger partial charge in [0.05, 0.1) is 12.4 Å². The van der Waals surface area contributed by atoms with E-state index in [1.54, 1.807) is 12.4 Å². The molecule has 18 heavy (non-hydrogen) atoms. The highest BCUT2D eigenvalue weighted by Crippen LogP contribution is 2.20. The highest BCUT2D eigenvalue weighted by Gasteiger charge is 2.06. The van der Waals surface area contributed by atoms with Gasteiger partial charge in [-0.1, -0.05) is 23.7 Å². The number of aromatic nitrogens is 2. The summed E-state index contributed by atoms with van der Waals surface area (Å²) in [6, 6.07) is 7.89. The lowest BCUT2D eigenvalue weighted by Crippen LogP contribution is -2.08. The second-order valence-corrected chi connectivity index (χ2v) is 4.39. The van der Waals surface area contributed by atoms with Crippen LogP contribution >= 0.6 is 11.6 Å². The van der Waals surface area contributed by atoms with Crippen molar-refractivity contribution in [2.24, 2.45) is 0 Å². The molecule has 0 fully saturated rings. The monoisotopic (exact) mass is 262 g/mol. The fraction of sp³-hybridized carbons (Fsp3) is 0.231. The van der Waals surface area contributed by atoms with Crippen LogP contribution in [0.4, 0.5) is 11.6 Å². The Morgan fingerprint density at radius 2 is 1.78 bits per heavy atom. The molecule has 2 rings (SSSR count). The minimum atomic E-state index is 0.142. The van der Waals surface area contributed by atoms with Crippen LogP contribution in [0.5, 0.6) is 0 Å². The van der Waals surface area contributed by atoms with Crippen molar-refractivity contribution < 1.29 is 0 Å². The molecule has 1 unspecified atom stereocenters. The van der Waals surface area contributed by atoms with Crippen LogP contribution in [0.3, 0.4) is 0 Å². The zero-order valence-corrected chi connectivity index (χ0v) is 11.1. The lowest BCUT2D eigenvalue weighted by atomic mass is 10.1. The summed E-state index contributed by atoms with van der Waals surface area (Å²) in [5, 5.41) is 6.99. The lowest BCUT2D eigenvalue weighted by Gasteiger charge is -2.15. The van der Waals surface area contributed by atoms with E-state index in [1.165, 1.54) is 0 Å². The number of nitrogens with one attached hydrogen (secondary N) is 2. The Kier molecular flexibility index (Phi) is 3.99. The molecule has 0 saturated heterocycles. The molecule has 4 nitrogen and oxygen atoms in total. The molecule has 2 N–H and O–H groups in total. The predicted octanol–water partition coefficient (Wildman–Crippen LogP) is 3.34. The SMILES string of the molecule is CNc1cncc(NC(C)c2ccc(Cl)cc2)n1. The topological polar surface area (TPSA) is 49.8 Å². The third-order valence-corrected chi connectivity index (χ3v) is 2.88. The summed E-state index contributed by atoms with van der Waals surface area (Å²) in [5.41, 5.74) is 1.15. The van der Waals surface area contributed by atoms with E-state index in [1.807, 2.05) is 31.3 Å². The van der Waals surface area contributed by atoms with Gasteiger partial charge in [0, 0.05) is 18.1 Å². The Morgan fingerprint density at radius 3 is 2.44 bits per heavy atom. The molecule has 0 spiro atoms. The summed E-state index contributed by atoms with van der Waals surface area (Å²) in [6.07, 6.45) is 3.38. The molecule has 0 aliphatic rings.